The van der Waals surface area contributed by atoms with Crippen LogP contribution in [-0.4, -0.2) is 19.0 Å². The van der Waals surface area contributed by atoms with Gasteiger partial charge in [-0.2, -0.15) is 0 Å². The highest BCUT2D eigenvalue weighted by molar-refractivity contribution is 6.04. The maximum Gasteiger partial charge on any atom is 0.255 e. The van der Waals surface area contributed by atoms with E-state index in [1.807, 2.05) is 48.5 Å². The van der Waals surface area contributed by atoms with Crippen molar-refractivity contribution in [1.82, 2.24) is 0 Å². The van der Waals surface area contributed by atoms with Crippen LogP contribution in [-0.2, 0) is 0 Å². The van der Waals surface area contributed by atoms with Gasteiger partial charge in [0.25, 0.3) is 5.91 Å². The molecule has 1 N–H and O–H groups in total. The van der Waals surface area contributed by atoms with Crippen LogP contribution in [0.4, 0.5) is 11.4 Å². The number of benzene rings is 2. The van der Waals surface area contributed by atoms with Gasteiger partial charge in [-0.05, 0) is 73.7 Å². The Morgan fingerprint density at radius 3 is 1.93 bits per heavy atom. The topological polar surface area (TPSA) is 32.3 Å². The van der Waals surface area contributed by atoms with Crippen molar-refractivity contribution in [2.45, 2.75) is 41.5 Å². The van der Waals surface area contributed by atoms with Gasteiger partial charge in [0.05, 0.1) is 0 Å². The van der Waals surface area contributed by atoms with Crippen LogP contribution < -0.4 is 10.2 Å². The molecule has 2 aromatic carbocycles. The summed E-state index contributed by atoms with van der Waals surface area (Å²) in [4.78, 5) is 14.8. The second-order valence-electron chi connectivity index (χ2n) is 7.94. The van der Waals surface area contributed by atoms with E-state index in [1.54, 1.807) is 0 Å². The Hall–Kier alpha value is -2.55. The SMILES string of the molecule is CCN(CC)c1ccc(NC(=O)c2ccc(C(C)=CC(C)(C)C)cc2)cc1. The Labute approximate surface area is 164 Å². The molecule has 0 spiro atoms. The van der Waals surface area contributed by atoms with E-state index >= 15 is 0 Å². The lowest BCUT2D eigenvalue weighted by Gasteiger charge is -2.21. The largest absolute Gasteiger partial charge is 0.372 e. The third-order valence-electron chi connectivity index (χ3n) is 4.51. The van der Waals surface area contributed by atoms with Crippen LogP contribution in [0.15, 0.2) is 54.6 Å². The molecule has 0 unspecified atom stereocenters. The standard InChI is InChI=1S/C24H32N2O/c1-7-26(8-2)22-15-13-21(14-16-22)25-23(27)20-11-9-19(10-12-20)18(3)17-24(4,5)6/h9-17H,7-8H2,1-6H3,(H,25,27). The predicted octanol–water partition coefficient (Wildman–Crippen LogP) is 6.23. The monoisotopic (exact) mass is 364 g/mol. The van der Waals surface area contributed by atoms with Crippen molar-refractivity contribution in [3.63, 3.8) is 0 Å². The molecule has 0 radical (unpaired) electrons. The van der Waals surface area contributed by atoms with Gasteiger partial charge in [0, 0.05) is 30.0 Å². The third kappa shape index (κ3) is 5.99. The number of hydrogen-bond acceptors (Lipinski definition) is 2. The summed E-state index contributed by atoms with van der Waals surface area (Å²) in [5.74, 6) is -0.0883. The molecular formula is C24H32N2O. The molecule has 2 rings (SSSR count). The van der Waals surface area contributed by atoms with Gasteiger partial charge in [-0.15, -0.1) is 0 Å². The molecule has 3 heteroatoms. The van der Waals surface area contributed by atoms with Gasteiger partial charge in [0.2, 0.25) is 0 Å². The Morgan fingerprint density at radius 1 is 0.926 bits per heavy atom. The van der Waals surface area contributed by atoms with Crippen LogP contribution in [0.3, 0.4) is 0 Å². The van der Waals surface area contributed by atoms with Crippen LogP contribution in [0, 0.1) is 5.41 Å². The minimum Gasteiger partial charge on any atom is -0.372 e. The minimum absolute atomic E-state index is 0.0883. The van der Waals surface area contributed by atoms with E-state index < -0.39 is 0 Å². The lowest BCUT2D eigenvalue weighted by atomic mass is 9.91. The summed E-state index contributed by atoms with van der Waals surface area (Å²) in [6.07, 6.45) is 2.25. The molecule has 0 aromatic heterocycles. The maximum absolute atomic E-state index is 12.5. The zero-order chi connectivity index (χ0) is 20.0. The molecule has 0 atom stereocenters. The number of allylic oxidation sites excluding steroid dienone is 2. The molecule has 0 fully saturated rings. The van der Waals surface area contributed by atoms with Crippen molar-refractivity contribution in [3.05, 3.63) is 65.7 Å². The summed E-state index contributed by atoms with van der Waals surface area (Å²) in [6, 6.07) is 15.8. The van der Waals surface area contributed by atoms with E-state index in [1.165, 1.54) is 11.3 Å². The first-order valence-electron chi connectivity index (χ1n) is 9.69. The number of anilines is 2. The minimum atomic E-state index is -0.0883. The summed E-state index contributed by atoms with van der Waals surface area (Å²) in [6.45, 7) is 14.9. The average Bonchev–Trinajstić information content (AvgIpc) is 2.63. The normalized spacial score (nSPS) is 12.0. The van der Waals surface area contributed by atoms with E-state index in [4.69, 9.17) is 0 Å². The average molecular weight is 365 g/mol. The van der Waals surface area contributed by atoms with Crippen molar-refractivity contribution in [3.8, 4) is 0 Å². The van der Waals surface area contributed by atoms with Crippen LogP contribution in [0.2, 0.25) is 0 Å². The summed E-state index contributed by atoms with van der Waals surface area (Å²) < 4.78 is 0. The first kappa shape index (κ1) is 20.8. The summed E-state index contributed by atoms with van der Waals surface area (Å²) in [7, 11) is 0. The smallest absolute Gasteiger partial charge is 0.255 e. The molecule has 0 aliphatic heterocycles. The third-order valence-corrected chi connectivity index (χ3v) is 4.51. The molecule has 0 saturated carbocycles. The van der Waals surface area contributed by atoms with Crippen LogP contribution in [0.25, 0.3) is 5.57 Å². The van der Waals surface area contributed by atoms with Gasteiger partial charge in [0.1, 0.15) is 0 Å². The number of carbonyl (C=O) groups is 1. The fourth-order valence-electron chi connectivity index (χ4n) is 3.16. The molecule has 0 saturated heterocycles. The van der Waals surface area contributed by atoms with Crippen LogP contribution >= 0.6 is 0 Å². The summed E-state index contributed by atoms with van der Waals surface area (Å²) in [5, 5.41) is 2.98. The Morgan fingerprint density at radius 2 is 1.44 bits per heavy atom. The number of hydrogen-bond donors (Lipinski definition) is 1. The first-order chi connectivity index (χ1) is 12.7. The highest BCUT2D eigenvalue weighted by Gasteiger charge is 2.10. The van der Waals surface area contributed by atoms with Crippen LogP contribution in [0.1, 0.15) is 57.5 Å². The van der Waals surface area contributed by atoms with E-state index in [2.05, 4.69) is 57.8 Å². The van der Waals surface area contributed by atoms with Crippen LogP contribution in [0.5, 0.6) is 0 Å². The fraction of sp³-hybridized carbons (Fsp3) is 0.375. The highest BCUT2D eigenvalue weighted by atomic mass is 16.1. The Bertz CT molecular complexity index is 777. The van der Waals surface area contributed by atoms with Crippen molar-refractivity contribution in [2.24, 2.45) is 5.41 Å². The molecule has 0 aliphatic carbocycles. The second kappa shape index (κ2) is 8.90. The number of amides is 1. The van der Waals surface area contributed by atoms with Crippen molar-refractivity contribution < 1.29 is 4.79 Å². The van der Waals surface area contributed by atoms with E-state index in [0.29, 0.717) is 5.56 Å². The first-order valence-corrected chi connectivity index (χ1v) is 9.69. The van der Waals surface area contributed by atoms with Gasteiger partial charge < -0.3 is 10.2 Å². The van der Waals surface area contributed by atoms with Crippen molar-refractivity contribution >= 4 is 22.9 Å². The number of nitrogens with one attached hydrogen (secondary N) is 1. The zero-order valence-electron chi connectivity index (χ0n) is 17.5. The molecule has 144 valence electrons. The zero-order valence-corrected chi connectivity index (χ0v) is 17.5. The summed E-state index contributed by atoms with van der Waals surface area (Å²) in [5.41, 5.74) is 5.14. The Balaban J connectivity index is 2.07. The van der Waals surface area contributed by atoms with Gasteiger partial charge in [-0.1, -0.05) is 39.0 Å². The number of carbonyl (C=O) groups excluding carboxylic acids is 1. The highest BCUT2D eigenvalue weighted by Crippen LogP contribution is 2.24. The van der Waals surface area contributed by atoms with E-state index in [0.717, 1.165) is 24.3 Å². The van der Waals surface area contributed by atoms with Gasteiger partial charge in [0.15, 0.2) is 0 Å². The van der Waals surface area contributed by atoms with Crippen molar-refractivity contribution in [2.75, 3.05) is 23.3 Å². The molecule has 0 heterocycles. The second-order valence-corrected chi connectivity index (χ2v) is 7.94. The predicted molar refractivity (Wildman–Crippen MR) is 118 cm³/mol. The number of nitrogens with zero attached hydrogens (tertiary/aromatic N) is 1. The maximum atomic E-state index is 12.5. The molecule has 0 bridgehead atoms. The molecule has 2 aromatic rings. The molecule has 3 nitrogen and oxygen atoms in total. The number of rotatable bonds is 6. The summed E-state index contributed by atoms with van der Waals surface area (Å²) >= 11 is 0. The van der Waals surface area contributed by atoms with E-state index in [-0.39, 0.29) is 11.3 Å². The van der Waals surface area contributed by atoms with Gasteiger partial charge >= 0.3 is 0 Å². The Kier molecular flexibility index (Phi) is 6.84. The molecule has 1 amide bonds. The lowest BCUT2D eigenvalue weighted by Crippen LogP contribution is -2.21. The van der Waals surface area contributed by atoms with Gasteiger partial charge in [-0.25, -0.2) is 0 Å². The molecular weight excluding hydrogens is 332 g/mol. The quantitative estimate of drug-likeness (QED) is 0.658. The van der Waals surface area contributed by atoms with E-state index in [9.17, 15) is 4.79 Å². The molecule has 0 aliphatic rings. The lowest BCUT2D eigenvalue weighted by molar-refractivity contribution is 0.102. The van der Waals surface area contributed by atoms with Crippen molar-refractivity contribution in [1.29, 1.82) is 0 Å². The molecule has 27 heavy (non-hydrogen) atoms. The fourth-order valence-corrected chi connectivity index (χ4v) is 3.16. The van der Waals surface area contributed by atoms with Gasteiger partial charge in [-0.3, -0.25) is 4.79 Å².